The summed E-state index contributed by atoms with van der Waals surface area (Å²) < 4.78 is 0. The zero-order valence-corrected chi connectivity index (χ0v) is 15.1. The summed E-state index contributed by atoms with van der Waals surface area (Å²) in [5.41, 5.74) is 6.19. The summed E-state index contributed by atoms with van der Waals surface area (Å²) >= 11 is 13.1. The Bertz CT molecular complexity index is 864. The molecule has 0 nitrogen and oxygen atoms in total. The molecule has 3 saturated carbocycles. The molecule has 2 heteroatoms. The summed E-state index contributed by atoms with van der Waals surface area (Å²) in [6.07, 6.45) is 6.94. The lowest BCUT2D eigenvalue weighted by atomic mass is 9.56. The topological polar surface area (TPSA) is 0 Å². The third kappa shape index (κ3) is 1.62. The van der Waals surface area contributed by atoms with Gasteiger partial charge >= 0.3 is 0 Å². The second-order valence-electron chi connectivity index (χ2n) is 8.57. The minimum absolute atomic E-state index is 0.624. The van der Waals surface area contributed by atoms with Crippen molar-refractivity contribution < 1.29 is 0 Å². The van der Waals surface area contributed by atoms with Crippen LogP contribution in [-0.4, -0.2) is 0 Å². The molecule has 4 aliphatic rings. The highest BCUT2D eigenvalue weighted by Crippen LogP contribution is 2.74. The molecular weight excluding hydrogens is 335 g/mol. The summed E-state index contributed by atoms with van der Waals surface area (Å²) in [5, 5.41) is 1.77. The van der Waals surface area contributed by atoms with Crippen molar-refractivity contribution in [1.29, 1.82) is 0 Å². The molecule has 5 atom stereocenters. The largest absolute Gasteiger partial charge is 0.0843 e. The second kappa shape index (κ2) is 4.59. The van der Waals surface area contributed by atoms with Gasteiger partial charge in [0.15, 0.2) is 0 Å². The molecular formula is C22H20Cl2. The quantitative estimate of drug-likeness (QED) is 0.475. The van der Waals surface area contributed by atoms with Crippen LogP contribution in [-0.2, 0) is 0 Å². The minimum atomic E-state index is 0.624. The van der Waals surface area contributed by atoms with E-state index in [1.165, 1.54) is 54.4 Å². The van der Waals surface area contributed by atoms with Crippen LogP contribution < -0.4 is 0 Å². The Labute approximate surface area is 153 Å². The smallest absolute Gasteiger partial charge is 0.0487 e. The molecule has 4 aliphatic carbocycles. The van der Waals surface area contributed by atoms with E-state index in [9.17, 15) is 0 Å². The highest BCUT2D eigenvalue weighted by molar-refractivity contribution is 6.34. The molecule has 24 heavy (non-hydrogen) atoms. The monoisotopic (exact) mass is 354 g/mol. The first-order chi connectivity index (χ1) is 11.7. The van der Waals surface area contributed by atoms with Crippen LogP contribution >= 0.6 is 23.2 Å². The van der Waals surface area contributed by atoms with Crippen LogP contribution in [0.5, 0.6) is 0 Å². The van der Waals surface area contributed by atoms with Gasteiger partial charge in [0.05, 0.1) is 0 Å². The molecule has 1 spiro atoms. The third-order valence-corrected chi connectivity index (χ3v) is 8.34. The van der Waals surface area contributed by atoms with Gasteiger partial charge in [0.2, 0.25) is 0 Å². The van der Waals surface area contributed by atoms with Crippen LogP contribution in [0.4, 0.5) is 0 Å². The fourth-order valence-corrected chi connectivity index (χ4v) is 7.37. The summed E-state index contributed by atoms with van der Waals surface area (Å²) in [6.45, 7) is 0. The van der Waals surface area contributed by atoms with Crippen LogP contribution in [0.2, 0.25) is 10.0 Å². The van der Waals surface area contributed by atoms with E-state index in [4.69, 9.17) is 23.2 Å². The lowest BCUT2D eigenvalue weighted by molar-refractivity contribution is 0.00308. The van der Waals surface area contributed by atoms with Crippen molar-refractivity contribution in [2.24, 2.45) is 17.3 Å². The number of rotatable bonds is 0. The Hall–Kier alpha value is -0.980. The van der Waals surface area contributed by atoms with E-state index in [0.29, 0.717) is 17.3 Å². The number of hydrogen-bond acceptors (Lipinski definition) is 0. The molecule has 0 radical (unpaired) electrons. The molecule has 0 saturated heterocycles. The zero-order chi connectivity index (χ0) is 16.1. The van der Waals surface area contributed by atoms with Gasteiger partial charge in [0, 0.05) is 15.6 Å². The van der Waals surface area contributed by atoms with Crippen molar-refractivity contribution in [1.82, 2.24) is 0 Å². The van der Waals surface area contributed by atoms with E-state index in [1.54, 1.807) is 0 Å². The van der Waals surface area contributed by atoms with E-state index in [1.807, 2.05) is 6.07 Å². The van der Waals surface area contributed by atoms with Crippen molar-refractivity contribution >= 4 is 23.2 Å². The lowest BCUT2D eigenvalue weighted by Gasteiger charge is -2.49. The summed E-state index contributed by atoms with van der Waals surface area (Å²) in [5.74, 6) is 3.25. The van der Waals surface area contributed by atoms with Crippen molar-refractivity contribution in [3.8, 4) is 11.1 Å². The Morgan fingerprint density at radius 2 is 1.58 bits per heavy atom. The van der Waals surface area contributed by atoms with Crippen molar-refractivity contribution in [2.75, 3.05) is 0 Å². The van der Waals surface area contributed by atoms with Gasteiger partial charge in [-0.05, 0) is 96.1 Å². The molecule has 122 valence electrons. The SMILES string of the molecule is Clc1ccc2c(c1)C1CC3CC4CC(CC34C1)c1cccc(Cl)c1-2. The molecule has 0 aliphatic heterocycles. The van der Waals surface area contributed by atoms with Crippen LogP contribution in [0.25, 0.3) is 11.1 Å². The van der Waals surface area contributed by atoms with E-state index < -0.39 is 0 Å². The number of hydrogen-bond donors (Lipinski definition) is 0. The Kier molecular flexibility index (Phi) is 2.72. The predicted octanol–water partition coefficient (Wildman–Crippen LogP) is 7.05. The maximum Gasteiger partial charge on any atom is 0.0487 e. The lowest BCUT2D eigenvalue weighted by Crippen LogP contribution is -2.41. The first-order valence-electron chi connectivity index (χ1n) is 9.24. The predicted molar refractivity (Wildman–Crippen MR) is 99.9 cm³/mol. The maximum absolute atomic E-state index is 6.74. The molecule has 3 fully saturated rings. The van der Waals surface area contributed by atoms with Gasteiger partial charge in [-0.1, -0.05) is 41.4 Å². The van der Waals surface area contributed by atoms with Crippen molar-refractivity contribution in [2.45, 2.75) is 43.9 Å². The van der Waals surface area contributed by atoms with Gasteiger partial charge < -0.3 is 0 Å². The molecule has 6 rings (SSSR count). The molecule has 2 aromatic rings. The average Bonchev–Trinajstić information content (AvgIpc) is 3.02. The molecule has 5 unspecified atom stereocenters. The molecule has 3 bridgehead atoms. The Morgan fingerprint density at radius 1 is 0.833 bits per heavy atom. The van der Waals surface area contributed by atoms with Crippen molar-refractivity contribution in [3.05, 3.63) is 57.6 Å². The molecule has 0 N–H and O–H groups in total. The molecule has 0 amide bonds. The highest BCUT2D eigenvalue weighted by Gasteiger charge is 2.64. The van der Waals surface area contributed by atoms with Crippen LogP contribution in [0, 0.1) is 17.3 Å². The van der Waals surface area contributed by atoms with Gasteiger partial charge in [0.25, 0.3) is 0 Å². The fourth-order valence-electron chi connectivity index (χ4n) is 6.91. The molecule has 0 heterocycles. The number of benzene rings is 2. The van der Waals surface area contributed by atoms with Gasteiger partial charge in [0.1, 0.15) is 0 Å². The number of fused-ring (bicyclic) bond motifs is 7. The van der Waals surface area contributed by atoms with Crippen LogP contribution in [0.15, 0.2) is 36.4 Å². The second-order valence-corrected chi connectivity index (χ2v) is 9.42. The standard InChI is InChI=1S/C22H20Cl2/c23-16-4-5-18-19(9-16)13-7-15-8-14-6-12(10-22(14,15)11-13)17-2-1-3-20(24)21(17)18/h1-5,9,12-15H,6-8,10-11H2. The van der Waals surface area contributed by atoms with Gasteiger partial charge in [-0.2, -0.15) is 0 Å². The summed E-state index contributed by atoms with van der Waals surface area (Å²) in [4.78, 5) is 0. The Balaban J connectivity index is 1.69. The fraction of sp³-hybridized carbons (Fsp3) is 0.455. The van der Waals surface area contributed by atoms with Crippen LogP contribution in [0.1, 0.15) is 55.1 Å². The maximum atomic E-state index is 6.74. The molecule has 2 aromatic carbocycles. The van der Waals surface area contributed by atoms with Gasteiger partial charge in [-0.15, -0.1) is 0 Å². The van der Waals surface area contributed by atoms with Gasteiger partial charge in [-0.25, -0.2) is 0 Å². The van der Waals surface area contributed by atoms with Crippen molar-refractivity contribution in [3.63, 3.8) is 0 Å². The normalized spacial score (nSPS) is 37.8. The molecule has 0 aromatic heterocycles. The van der Waals surface area contributed by atoms with E-state index in [0.717, 1.165) is 21.9 Å². The first-order valence-corrected chi connectivity index (χ1v) is 9.99. The average molecular weight is 355 g/mol. The zero-order valence-electron chi connectivity index (χ0n) is 13.6. The van der Waals surface area contributed by atoms with Gasteiger partial charge in [-0.3, -0.25) is 0 Å². The first kappa shape index (κ1) is 14.2. The summed E-state index contributed by atoms with van der Waals surface area (Å²) in [7, 11) is 0. The highest BCUT2D eigenvalue weighted by atomic mass is 35.5. The summed E-state index contributed by atoms with van der Waals surface area (Å²) in [6, 6.07) is 13.0. The Morgan fingerprint density at radius 3 is 2.38 bits per heavy atom. The van der Waals surface area contributed by atoms with E-state index in [-0.39, 0.29) is 0 Å². The van der Waals surface area contributed by atoms with E-state index in [2.05, 4.69) is 30.3 Å². The minimum Gasteiger partial charge on any atom is -0.0843 e. The van der Waals surface area contributed by atoms with E-state index >= 15 is 0 Å². The third-order valence-electron chi connectivity index (χ3n) is 7.79. The van der Waals surface area contributed by atoms with Crippen LogP contribution in [0.3, 0.4) is 0 Å². The number of halogens is 2.